The highest BCUT2D eigenvalue weighted by Crippen LogP contribution is 2.32. The van der Waals surface area contributed by atoms with Crippen molar-refractivity contribution in [3.05, 3.63) is 148 Å². The van der Waals surface area contributed by atoms with Crippen LogP contribution < -0.4 is 0 Å². The first-order valence-electron chi connectivity index (χ1n) is 11.7. The van der Waals surface area contributed by atoms with E-state index in [0.29, 0.717) is 11.6 Å². The molecule has 0 aliphatic heterocycles. The van der Waals surface area contributed by atoms with Crippen LogP contribution in [0, 0.1) is 5.41 Å². The van der Waals surface area contributed by atoms with Gasteiger partial charge in [0.25, 0.3) is 0 Å². The standard InChI is InChI=1S/C32H25BrN2/c33-29-17-15-23(16-18-29)22-35-31-14-8-7-13-30(31)32(34)28-20-26(24-9-3-1-4-10-24)19-27(21-28)25-11-5-2-6-12-25/h1-11,13-22,25,34H,12H2. The summed E-state index contributed by atoms with van der Waals surface area (Å²) in [4.78, 5) is 4.74. The van der Waals surface area contributed by atoms with Crippen LogP contribution in [0.5, 0.6) is 0 Å². The van der Waals surface area contributed by atoms with Crippen LogP contribution in [-0.2, 0) is 0 Å². The Morgan fingerprint density at radius 2 is 1.60 bits per heavy atom. The Bertz CT molecular complexity index is 1430. The smallest absolute Gasteiger partial charge is 0.0723 e. The quantitative estimate of drug-likeness (QED) is 0.248. The van der Waals surface area contributed by atoms with Gasteiger partial charge in [0.2, 0.25) is 0 Å². The van der Waals surface area contributed by atoms with Gasteiger partial charge in [-0.25, -0.2) is 0 Å². The Labute approximate surface area is 215 Å². The summed E-state index contributed by atoms with van der Waals surface area (Å²) in [7, 11) is 0. The molecular weight excluding hydrogens is 492 g/mol. The first-order chi connectivity index (χ1) is 17.2. The van der Waals surface area contributed by atoms with E-state index in [9.17, 15) is 5.41 Å². The summed E-state index contributed by atoms with van der Waals surface area (Å²) in [6.45, 7) is 0. The van der Waals surface area contributed by atoms with Gasteiger partial charge < -0.3 is 0 Å². The lowest BCUT2D eigenvalue weighted by Crippen LogP contribution is -2.05. The van der Waals surface area contributed by atoms with Crippen molar-refractivity contribution in [1.29, 1.82) is 5.41 Å². The molecule has 3 heteroatoms. The van der Waals surface area contributed by atoms with Gasteiger partial charge in [0.05, 0.1) is 11.4 Å². The summed E-state index contributed by atoms with van der Waals surface area (Å²) in [5.74, 6) is 0.306. The summed E-state index contributed by atoms with van der Waals surface area (Å²) in [6.07, 6.45) is 11.5. The zero-order valence-electron chi connectivity index (χ0n) is 19.2. The number of hydrogen-bond donors (Lipinski definition) is 1. The number of para-hydroxylation sites is 1. The fourth-order valence-electron chi connectivity index (χ4n) is 4.28. The van der Waals surface area contributed by atoms with Crippen LogP contribution in [0.25, 0.3) is 11.1 Å². The molecule has 5 rings (SSSR count). The molecule has 0 bridgehead atoms. The topological polar surface area (TPSA) is 36.2 Å². The number of hydrogen-bond acceptors (Lipinski definition) is 2. The molecule has 0 fully saturated rings. The zero-order valence-corrected chi connectivity index (χ0v) is 20.8. The molecule has 170 valence electrons. The molecule has 0 amide bonds. The average Bonchev–Trinajstić information content (AvgIpc) is 2.93. The van der Waals surface area contributed by atoms with Gasteiger partial charge in [-0.1, -0.05) is 107 Å². The van der Waals surface area contributed by atoms with Gasteiger partial charge in [-0.15, -0.1) is 0 Å². The van der Waals surface area contributed by atoms with Crippen molar-refractivity contribution < 1.29 is 0 Å². The third-order valence-electron chi connectivity index (χ3n) is 6.16. The maximum absolute atomic E-state index is 9.18. The van der Waals surface area contributed by atoms with E-state index in [1.54, 1.807) is 0 Å². The molecular formula is C32H25BrN2. The molecule has 0 aromatic heterocycles. The van der Waals surface area contributed by atoms with E-state index in [1.165, 1.54) is 5.56 Å². The van der Waals surface area contributed by atoms with Gasteiger partial charge in [-0.05, 0) is 59.0 Å². The molecule has 1 atom stereocenters. The number of rotatable bonds is 6. The van der Waals surface area contributed by atoms with Crippen LogP contribution in [0.4, 0.5) is 5.69 Å². The Hall–Kier alpha value is -3.82. The van der Waals surface area contributed by atoms with Gasteiger partial charge in [0.1, 0.15) is 0 Å². The molecule has 0 saturated heterocycles. The number of allylic oxidation sites excluding steroid dienone is 4. The fraction of sp³-hybridized carbons (Fsp3) is 0.0625. The van der Waals surface area contributed by atoms with Gasteiger partial charge in [0, 0.05) is 27.7 Å². The monoisotopic (exact) mass is 516 g/mol. The van der Waals surface area contributed by atoms with Crippen molar-refractivity contribution >= 4 is 33.5 Å². The maximum Gasteiger partial charge on any atom is 0.0723 e. The number of nitrogens with one attached hydrogen (secondary N) is 1. The first-order valence-corrected chi connectivity index (χ1v) is 12.5. The van der Waals surface area contributed by atoms with E-state index in [1.807, 2.05) is 60.8 Å². The summed E-state index contributed by atoms with van der Waals surface area (Å²) in [5.41, 5.74) is 7.49. The van der Waals surface area contributed by atoms with Crippen LogP contribution in [0.3, 0.4) is 0 Å². The minimum atomic E-state index is 0.306. The largest absolute Gasteiger partial charge is 0.300 e. The van der Waals surface area contributed by atoms with E-state index >= 15 is 0 Å². The van der Waals surface area contributed by atoms with Gasteiger partial charge in [0.15, 0.2) is 0 Å². The number of aliphatic imine (C=N–C) groups is 1. The Balaban J connectivity index is 1.54. The minimum absolute atomic E-state index is 0.306. The van der Waals surface area contributed by atoms with Crippen molar-refractivity contribution in [3.8, 4) is 11.1 Å². The van der Waals surface area contributed by atoms with Crippen LogP contribution in [0.1, 0.15) is 34.6 Å². The molecule has 2 nitrogen and oxygen atoms in total. The number of nitrogens with zero attached hydrogens (tertiary/aromatic N) is 1. The van der Waals surface area contributed by atoms with E-state index in [2.05, 4.69) is 82.7 Å². The third-order valence-corrected chi connectivity index (χ3v) is 6.68. The zero-order chi connectivity index (χ0) is 24.0. The number of benzene rings is 4. The van der Waals surface area contributed by atoms with Crippen LogP contribution in [0.15, 0.2) is 131 Å². The fourth-order valence-corrected chi connectivity index (χ4v) is 4.55. The lowest BCUT2D eigenvalue weighted by Gasteiger charge is -2.18. The van der Waals surface area contributed by atoms with Gasteiger partial charge in [-0.2, -0.15) is 0 Å². The van der Waals surface area contributed by atoms with Crippen LogP contribution in [-0.4, -0.2) is 11.9 Å². The Morgan fingerprint density at radius 3 is 2.37 bits per heavy atom. The van der Waals surface area contributed by atoms with Gasteiger partial charge >= 0.3 is 0 Å². The molecule has 1 N–H and O–H groups in total. The molecule has 0 spiro atoms. The van der Waals surface area contributed by atoms with Crippen molar-refractivity contribution in [2.45, 2.75) is 12.3 Å². The summed E-state index contributed by atoms with van der Waals surface area (Å²) in [5, 5.41) is 9.18. The highest BCUT2D eigenvalue weighted by atomic mass is 79.9. The second-order valence-electron chi connectivity index (χ2n) is 8.57. The lowest BCUT2D eigenvalue weighted by atomic mass is 9.87. The van der Waals surface area contributed by atoms with E-state index in [-0.39, 0.29) is 0 Å². The molecule has 0 radical (unpaired) electrons. The molecule has 4 aromatic carbocycles. The summed E-state index contributed by atoms with van der Waals surface area (Å²) >= 11 is 3.47. The Morgan fingerprint density at radius 1 is 0.829 bits per heavy atom. The summed E-state index contributed by atoms with van der Waals surface area (Å²) in [6, 6.07) is 32.9. The average molecular weight is 517 g/mol. The molecule has 1 unspecified atom stereocenters. The summed E-state index contributed by atoms with van der Waals surface area (Å²) < 4.78 is 1.04. The first kappa shape index (κ1) is 22.9. The molecule has 0 saturated carbocycles. The molecule has 0 heterocycles. The normalized spacial score (nSPS) is 14.9. The Kier molecular flexibility index (Phi) is 6.97. The minimum Gasteiger partial charge on any atom is -0.300 e. The van der Waals surface area contributed by atoms with Crippen LogP contribution in [0.2, 0.25) is 0 Å². The lowest BCUT2D eigenvalue weighted by molar-refractivity contribution is 0.854. The van der Waals surface area contributed by atoms with Crippen molar-refractivity contribution in [2.24, 2.45) is 4.99 Å². The predicted octanol–water partition coefficient (Wildman–Crippen LogP) is 8.88. The second-order valence-corrected chi connectivity index (χ2v) is 9.48. The number of halogens is 1. The van der Waals surface area contributed by atoms with Crippen molar-refractivity contribution in [2.75, 3.05) is 0 Å². The highest BCUT2D eigenvalue weighted by Gasteiger charge is 2.16. The van der Waals surface area contributed by atoms with Crippen molar-refractivity contribution in [3.63, 3.8) is 0 Å². The second kappa shape index (κ2) is 10.6. The van der Waals surface area contributed by atoms with Crippen LogP contribution >= 0.6 is 15.9 Å². The van der Waals surface area contributed by atoms with Crippen molar-refractivity contribution in [1.82, 2.24) is 0 Å². The molecule has 35 heavy (non-hydrogen) atoms. The van der Waals surface area contributed by atoms with E-state index < -0.39 is 0 Å². The predicted molar refractivity (Wildman–Crippen MR) is 151 cm³/mol. The van der Waals surface area contributed by atoms with E-state index in [4.69, 9.17) is 4.99 Å². The highest BCUT2D eigenvalue weighted by molar-refractivity contribution is 9.10. The molecule has 4 aromatic rings. The maximum atomic E-state index is 9.18. The molecule has 1 aliphatic carbocycles. The molecule has 1 aliphatic rings. The third kappa shape index (κ3) is 5.47. The van der Waals surface area contributed by atoms with E-state index in [0.717, 1.165) is 44.4 Å². The van der Waals surface area contributed by atoms with Gasteiger partial charge in [-0.3, -0.25) is 10.4 Å². The SMILES string of the molecule is N=C(c1cc(-c2ccccc2)cc(C2C=CC=CC2)c1)c1ccccc1N=Cc1ccc(Br)cc1.